The second kappa shape index (κ2) is 10.4. The van der Waals surface area contributed by atoms with Crippen molar-refractivity contribution in [2.45, 2.75) is 37.6 Å². The number of aliphatic hydroxyl groups is 2. The summed E-state index contributed by atoms with van der Waals surface area (Å²) in [5, 5.41) is 21.2. The van der Waals surface area contributed by atoms with Crippen LogP contribution in [0.25, 0.3) is 0 Å². The Hall–Kier alpha value is -2.71. The lowest BCUT2D eigenvalue weighted by Crippen LogP contribution is -2.51. The third-order valence-electron chi connectivity index (χ3n) is 5.02. The van der Waals surface area contributed by atoms with Gasteiger partial charge in [-0.25, -0.2) is 0 Å². The molecule has 0 unspecified atom stereocenters. The fourth-order valence-corrected chi connectivity index (χ4v) is 3.22. The molecule has 0 bridgehead atoms. The molecule has 1 aliphatic rings. The van der Waals surface area contributed by atoms with E-state index >= 15 is 0 Å². The van der Waals surface area contributed by atoms with E-state index in [1.54, 1.807) is 26.4 Å². The molecule has 0 amide bonds. The quantitative estimate of drug-likeness (QED) is 0.607. The summed E-state index contributed by atoms with van der Waals surface area (Å²) in [5.74, 6) is 1.45. The predicted octanol–water partition coefficient (Wildman–Crippen LogP) is 2.04. The second-order valence-corrected chi connectivity index (χ2v) is 6.97. The van der Waals surface area contributed by atoms with E-state index in [-0.39, 0.29) is 18.8 Å². The van der Waals surface area contributed by atoms with Gasteiger partial charge in [0.1, 0.15) is 42.2 Å². The topological polar surface area (TPSA) is 94.5 Å². The fourth-order valence-electron chi connectivity index (χ4n) is 3.22. The summed E-state index contributed by atoms with van der Waals surface area (Å²) < 4.78 is 21.8. The molecular formula is C23H26O7. The number of hydrogen-bond acceptors (Lipinski definition) is 7. The van der Waals surface area contributed by atoms with Crippen molar-refractivity contribution in [1.82, 2.24) is 0 Å². The van der Waals surface area contributed by atoms with Crippen LogP contribution in [0.1, 0.15) is 11.1 Å². The van der Waals surface area contributed by atoms with Gasteiger partial charge in [-0.05, 0) is 41.5 Å². The van der Waals surface area contributed by atoms with Gasteiger partial charge in [-0.2, -0.15) is 0 Å². The zero-order chi connectivity index (χ0) is 21.5. The highest BCUT2D eigenvalue weighted by atomic mass is 16.5. The first-order valence-corrected chi connectivity index (χ1v) is 9.57. The third kappa shape index (κ3) is 5.25. The molecule has 0 aromatic heterocycles. The van der Waals surface area contributed by atoms with Gasteiger partial charge >= 0.3 is 0 Å². The molecule has 0 spiro atoms. The monoisotopic (exact) mass is 414 g/mol. The van der Waals surface area contributed by atoms with Crippen LogP contribution in [-0.4, -0.2) is 55.1 Å². The van der Waals surface area contributed by atoms with Crippen LogP contribution in [0.2, 0.25) is 0 Å². The van der Waals surface area contributed by atoms with E-state index in [4.69, 9.17) is 18.9 Å². The van der Waals surface area contributed by atoms with Gasteiger partial charge in [0.05, 0.1) is 27.4 Å². The molecule has 2 aromatic rings. The molecule has 2 aromatic carbocycles. The highest BCUT2D eigenvalue weighted by Crippen LogP contribution is 2.26. The van der Waals surface area contributed by atoms with E-state index in [9.17, 15) is 15.0 Å². The Morgan fingerprint density at radius 2 is 1.33 bits per heavy atom. The lowest BCUT2D eigenvalue weighted by Gasteiger charge is -2.36. The molecule has 0 aliphatic heterocycles. The minimum Gasteiger partial charge on any atom is -0.497 e. The maximum atomic E-state index is 11.4. The number of aliphatic hydroxyl groups excluding tert-OH is 2. The Balaban J connectivity index is 1.66. The maximum Gasteiger partial charge on any atom is 0.148 e. The molecule has 7 heteroatoms. The van der Waals surface area contributed by atoms with Gasteiger partial charge in [0.2, 0.25) is 0 Å². The lowest BCUT2D eigenvalue weighted by molar-refractivity contribution is -0.146. The summed E-state index contributed by atoms with van der Waals surface area (Å²) in [6, 6.07) is 14.6. The number of ether oxygens (including phenoxy) is 4. The molecule has 0 saturated heterocycles. The minimum absolute atomic E-state index is 0.125. The number of carbonyl (C=O) groups excluding carboxylic acids is 1. The van der Waals surface area contributed by atoms with Gasteiger partial charge in [-0.15, -0.1) is 0 Å². The predicted molar refractivity (Wildman–Crippen MR) is 109 cm³/mol. The molecular weight excluding hydrogens is 388 g/mol. The zero-order valence-corrected chi connectivity index (χ0v) is 16.9. The molecule has 7 nitrogen and oxygen atoms in total. The van der Waals surface area contributed by atoms with E-state index in [1.165, 1.54) is 6.08 Å². The van der Waals surface area contributed by atoms with Crippen LogP contribution in [0.4, 0.5) is 0 Å². The summed E-state index contributed by atoms with van der Waals surface area (Å²) in [7, 11) is 3.17. The fraction of sp³-hybridized carbons (Fsp3) is 0.348. The molecule has 1 aliphatic carbocycles. The molecule has 30 heavy (non-hydrogen) atoms. The summed E-state index contributed by atoms with van der Waals surface area (Å²) in [6.45, 7) is 0.371. The smallest absolute Gasteiger partial charge is 0.148 e. The van der Waals surface area contributed by atoms with Crippen molar-refractivity contribution in [1.29, 1.82) is 0 Å². The first kappa shape index (κ1) is 22.0. The van der Waals surface area contributed by atoms with Crippen molar-refractivity contribution in [3.05, 3.63) is 71.3 Å². The normalized spacial score (nSPS) is 23.5. The number of hydrogen-bond donors (Lipinski definition) is 2. The van der Waals surface area contributed by atoms with Crippen molar-refractivity contribution >= 4 is 6.29 Å². The van der Waals surface area contributed by atoms with Crippen LogP contribution < -0.4 is 9.47 Å². The molecule has 0 heterocycles. The molecule has 160 valence electrons. The number of rotatable bonds is 9. The van der Waals surface area contributed by atoms with E-state index < -0.39 is 24.4 Å². The van der Waals surface area contributed by atoms with Crippen LogP contribution in [-0.2, 0) is 27.5 Å². The van der Waals surface area contributed by atoms with Gasteiger partial charge in [-0.3, -0.25) is 4.79 Å². The largest absolute Gasteiger partial charge is 0.497 e. The Morgan fingerprint density at radius 3 is 1.80 bits per heavy atom. The molecule has 0 fully saturated rings. The Kier molecular flexibility index (Phi) is 7.59. The van der Waals surface area contributed by atoms with Gasteiger partial charge in [0, 0.05) is 5.57 Å². The number of benzene rings is 2. The lowest BCUT2D eigenvalue weighted by atomic mass is 9.89. The second-order valence-electron chi connectivity index (χ2n) is 6.97. The van der Waals surface area contributed by atoms with Crippen molar-refractivity contribution < 1.29 is 34.0 Å². The summed E-state index contributed by atoms with van der Waals surface area (Å²) in [4.78, 5) is 11.4. The highest BCUT2D eigenvalue weighted by Gasteiger charge is 2.40. The van der Waals surface area contributed by atoms with E-state index in [1.807, 2.05) is 36.4 Å². The number of aldehydes is 1. The Morgan fingerprint density at radius 1 is 0.833 bits per heavy atom. The SMILES string of the molecule is COc1ccc(CO[C@@H]2[C@@H](O)[C@H](OCc3ccc(OC)cc3)C=C(C=O)[C@H]2O)cc1. The molecule has 2 N–H and O–H groups in total. The van der Waals surface area contributed by atoms with E-state index in [0.29, 0.717) is 6.29 Å². The highest BCUT2D eigenvalue weighted by molar-refractivity contribution is 5.75. The van der Waals surface area contributed by atoms with Crippen LogP contribution in [0.5, 0.6) is 11.5 Å². The van der Waals surface area contributed by atoms with Crippen LogP contribution in [0, 0.1) is 0 Å². The van der Waals surface area contributed by atoms with Gasteiger partial charge in [0.25, 0.3) is 0 Å². The number of methoxy groups -OCH3 is 2. The van der Waals surface area contributed by atoms with Gasteiger partial charge in [0.15, 0.2) is 0 Å². The van der Waals surface area contributed by atoms with Gasteiger partial charge in [-0.1, -0.05) is 24.3 Å². The standard InChI is InChI=1S/C23H26O7/c1-27-18-7-3-15(4-8-18)13-29-20-11-17(12-24)21(25)23(22(20)26)30-14-16-5-9-19(28-2)10-6-16/h3-12,20-23,25-26H,13-14H2,1-2H3/t20-,21-,22+,23+/m1/s1. The molecule has 3 rings (SSSR count). The van der Waals surface area contributed by atoms with Gasteiger partial charge < -0.3 is 29.2 Å². The third-order valence-corrected chi connectivity index (χ3v) is 5.02. The molecule has 0 saturated carbocycles. The maximum absolute atomic E-state index is 11.4. The molecule has 0 radical (unpaired) electrons. The van der Waals surface area contributed by atoms with Crippen LogP contribution >= 0.6 is 0 Å². The number of carbonyl (C=O) groups is 1. The van der Waals surface area contributed by atoms with E-state index in [2.05, 4.69) is 0 Å². The van der Waals surface area contributed by atoms with Crippen LogP contribution in [0.15, 0.2) is 60.2 Å². The molecule has 4 atom stereocenters. The summed E-state index contributed by atoms with van der Waals surface area (Å²) in [5.41, 5.74) is 1.85. The average Bonchev–Trinajstić information content (AvgIpc) is 2.79. The van der Waals surface area contributed by atoms with Crippen molar-refractivity contribution in [2.75, 3.05) is 14.2 Å². The first-order valence-electron chi connectivity index (χ1n) is 9.57. The first-order chi connectivity index (χ1) is 14.5. The van der Waals surface area contributed by atoms with E-state index in [0.717, 1.165) is 22.6 Å². The Bertz CT molecular complexity index is 845. The van der Waals surface area contributed by atoms with Crippen molar-refractivity contribution in [3.8, 4) is 11.5 Å². The van der Waals surface area contributed by atoms with Crippen LogP contribution in [0.3, 0.4) is 0 Å². The van der Waals surface area contributed by atoms with Crippen molar-refractivity contribution in [2.24, 2.45) is 0 Å². The summed E-state index contributed by atoms with van der Waals surface area (Å²) >= 11 is 0. The average molecular weight is 414 g/mol. The summed E-state index contributed by atoms with van der Waals surface area (Å²) in [6.07, 6.45) is -2.17. The minimum atomic E-state index is -1.24. The Labute approximate surface area is 175 Å². The van der Waals surface area contributed by atoms with Crippen molar-refractivity contribution in [3.63, 3.8) is 0 Å². The zero-order valence-electron chi connectivity index (χ0n) is 16.9.